The Hall–Kier alpha value is -1.88. The molecule has 0 aliphatic rings. The Morgan fingerprint density at radius 3 is 2.86 bits per heavy atom. The molecular formula is C16H14BrFN2O. The second-order valence-electron chi connectivity index (χ2n) is 4.73. The summed E-state index contributed by atoms with van der Waals surface area (Å²) in [6, 6.07) is 10.5. The van der Waals surface area contributed by atoms with Crippen LogP contribution in [0.25, 0.3) is 11.1 Å². The molecule has 1 heterocycles. The van der Waals surface area contributed by atoms with Gasteiger partial charge >= 0.3 is 0 Å². The van der Waals surface area contributed by atoms with E-state index in [4.69, 9.17) is 4.42 Å². The molecule has 3 nitrogen and oxygen atoms in total. The number of hydrogen-bond donors (Lipinski definition) is 1. The number of aromatic nitrogens is 1. The fraction of sp³-hybridized carbons (Fsp3) is 0.188. The summed E-state index contributed by atoms with van der Waals surface area (Å²) in [5.41, 5.74) is 3.58. The first-order valence-corrected chi connectivity index (χ1v) is 7.52. The van der Waals surface area contributed by atoms with Crippen molar-refractivity contribution >= 4 is 32.7 Å². The van der Waals surface area contributed by atoms with Crippen molar-refractivity contribution in [1.29, 1.82) is 0 Å². The molecule has 0 saturated heterocycles. The molecule has 108 valence electrons. The molecule has 3 rings (SSSR count). The maximum atomic E-state index is 13.1. The number of halogens is 2. The summed E-state index contributed by atoms with van der Waals surface area (Å²) in [6.45, 7) is 2.61. The quantitative estimate of drug-likeness (QED) is 0.728. The molecule has 1 aromatic heterocycles. The second kappa shape index (κ2) is 5.85. The van der Waals surface area contributed by atoms with Gasteiger partial charge in [0.05, 0.1) is 0 Å². The molecule has 0 radical (unpaired) electrons. The summed E-state index contributed by atoms with van der Waals surface area (Å²) in [5, 5.41) is 3.31. The van der Waals surface area contributed by atoms with E-state index in [0.29, 0.717) is 6.54 Å². The molecule has 0 fully saturated rings. The third-order valence-electron chi connectivity index (χ3n) is 3.23. The van der Waals surface area contributed by atoms with E-state index in [1.165, 1.54) is 12.1 Å². The van der Waals surface area contributed by atoms with Crippen LogP contribution in [0.2, 0.25) is 0 Å². The highest BCUT2D eigenvalue weighted by atomic mass is 79.9. The Morgan fingerprint density at radius 1 is 1.24 bits per heavy atom. The zero-order valence-electron chi connectivity index (χ0n) is 11.5. The molecule has 1 N–H and O–H groups in total. The van der Waals surface area contributed by atoms with Crippen LogP contribution in [0.1, 0.15) is 18.4 Å². The standard InChI is InChI=1S/C16H14BrFN2O/c1-2-16-20-14-8-12(5-6-15(14)21-16)19-9-10-3-4-11(18)7-13(10)17/h3-8,19H,2,9H2,1H3. The van der Waals surface area contributed by atoms with Gasteiger partial charge in [0.1, 0.15) is 11.3 Å². The first kappa shape index (κ1) is 14.1. The minimum atomic E-state index is -0.248. The fourth-order valence-electron chi connectivity index (χ4n) is 2.10. The van der Waals surface area contributed by atoms with Crippen molar-refractivity contribution in [3.8, 4) is 0 Å². The third-order valence-corrected chi connectivity index (χ3v) is 3.97. The van der Waals surface area contributed by atoms with E-state index in [1.807, 2.05) is 25.1 Å². The molecule has 0 bridgehead atoms. The van der Waals surface area contributed by atoms with Crippen molar-refractivity contribution in [3.63, 3.8) is 0 Å². The topological polar surface area (TPSA) is 38.1 Å². The molecule has 0 aliphatic heterocycles. The Morgan fingerprint density at radius 2 is 2.10 bits per heavy atom. The predicted molar refractivity (Wildman–Crippen MR) is 84.8 cm³/mol. The van der Waals surface area contributed by atoms with Crippen molar-refractivity contribution in [2.75, 3.05) is 5.32 Å². The monoisotopic (exact) mass is 348 g/mol. The van der Waals surface area contributed by atoms with Crippen LogP contribution in [0.5, 0.6) is 0 Å². The molecule has 0 aliphatic carbocycles. The van der Waals surface area contributed by atoms with E-state index in [2.05, 4.69) is 26.2 Å². The lowest BCUT2D eigenvalue weighted by Gasteiger charge is -2.08. The highest BCUT2D eigenvalue weighted by molar-refractivity contribution is 9.10. The van der Waals surface area contributed by atoms with E-state index >= 15 is 0 Å². The number of anilines is 1. The minimum Gasteiger partial charge on any atom is -0.441 e. The van der Waals surface area contributed by atoms with Gasteiger partial charge in [0, 0.05) is 23.1 Å². The summed E-state index contributed by atoms with van der Waals surface area (Å²) < 4.78 is 19.4. The number of aryl methyl sites for hydroxylation is 1. The smallest absolute Gasteiger partial charge is 0.195 e. The van der Waals surface area contributed by atoms with Crippen molar-refractivity contribution in [2.45, 2.75) is 19.9 Å². The summed E-state index contributed by atoms with van der Waals surface area (Å²) in [6.07, 6.45) is 0.778. The summed E-state index contributed by atoms with van der Waals surface area (Å²) in [4.78, 5) is 4.41. The molecule has 0 atom stereocenters. The summed E-state index contributed by atoms with van der Waals surface area (Å²) >= 11 is 3.37. The molecule has 3 aromatic rings. The van der Waals surface area contributed by atoms with Crippen molar-refractivity contribution in [2.24, 2.45) is 0 Å². The molecule has 0 amide bonds. The zero-order valence-corrected chi connectivity index (χ0v) is 13.1. The lowest BCUT2D eigenvalue weighted by Crippen LogP contribution is -2.00. The van der Waals surface area contributed by atoms with Crippen LogP contribution in [0.4, 0.5) is 10.1 Å². The highest BCUT2D eigenvalue weighted by Crippen LogP contribution is 2.22. The van der Waals surface area contributed by atoms with E-state index in [9.17, 15) is 4.39 Å². The number of nitrogens with zero attached hydrogens (tertiary/aromatic N) is 1. The van der Waals surface area contributed by atoms with Crippen molar-refractivity contribution in [3.05, 3.63) is 58.1 Å². The van der Waals surface area contributed by atoms with Gasteiger partial charge in [-0.15, -0.1) is 0 Å². The number of rotatable bonds is 4. The van der Waals surface area contributed by atoms with Crippen LogP contribution in [-0.4, -0.2) is 4.98 Å². The molecular weight excluding hydrogens is 335 g/mol. The first-order chi connectivity index (χ1) is 10.2. The Bertz CT molecular complexity index is 785. The number of oxazole rings is 1. The van der Waals surface area contributed by atoms with Gasteiger partial charge in [-0.25, -0.2) is 9.37 Å². The molecule has 2 aromatic carbocycles. The normalized spacial score (nSPS) is 11.0. The largest absolute Gasteiger partial charge is 0.441 e. The molecule has 0 spiro atoms. The SMILES string of the molecule is CCc1nc2cc(NCc3ccc(F)cc3Br)ccc2o1. The van der Waals surface area contributed by atoms with Crippen LogP contribution < -0.4 is 5.32 Å². The van der Waals surface area contributed by atoms with Gasteiger partial charge in [-0.2, -0.15) is 0 Å². The van der Waals surface area contributed by atoms with Crippen LogP contribution in [0.15, 0.2) is 45.3 Å². The second-order valence-corrected chi connectivity index (χ2v) is 5.59. The lowest BCUT2D eigenvalue weighted by atomic mass is 10.2. The molecule has 0 unspecified atom stereocenters. The molecule has 0 saturated carbocycles. The highest BCUT2D eigenvalue weighted by Gasteiger charge is 2.06. The van der Waals surface area contributed by atoms with E-state index in [-0.39, 0.29) is 5.82 Å². The first-order valence-electron chi connectivity index (χ1n) is 6.73. The summed E-state index contributed by atoms with van der Waals surface area (Å²) in [5.74, 6) is 0.491. The minimum absolute atomic E-state index is 0.248. The van der Waals surface area contributed by atoms with Crippen LogP contribution in [0.3, 0.4) is 0 Å². The number of benzene rings is 2. The van der Waals surface area contributed by atoms with Gasteiger partial charge in [0.15, 0.2) is 11.5 Å². The van der Waals surface area contributed by atoms with Gasteiger partial charge in [0.25, 0.3) is 0 Å². The van der Waals surface area contributed by atoms with E-state index in [0.717, 1.165) is 39.1 Å². The predicted octanol–water partition coefficient (Wildman–Crippen LogP) is 4.90. The van der Waals surface area contributed by atoms with Crippen LogP contribution in [0, 0.1) is 5.82 Å². The van der Waals surface area contributed by atoms with Crippen LogP contribution in [-0.2, 0) is 13.0 Å². The van der Waals surface area contributed by atoms with Crippen LogP contribution >= 0.6 is 15.9 Å². The Kier molecular flexibility index (Phi) is 3.92. The van der Waals surface area contributed by atoms with Crippen molar-refractivity contribution < 1.29 is 8.81 Å². The fourth-order valence-corrected chi connectivity index (χ4v) is 2.59. The Balaban J connectivity index is 1.78. The average Bonchev–Trinajstić information content (AvgIpc) is 2.88. The molecule has 5 heteroatoms. The van der Waals surface area contributed by atoms with E-state index < -0.39 is 0 Å². The molecule has 21 heavy (non-hydrogen) atoms. The zero-order chi connectivity index (χ0) is 14.8. The van der Waals surface area contributed by atoms with Gasteiger partial charge in [-0.1, -0.05) is 28.9 Å². The van der Waals surface area contributed by atoms with Crippen molar-refractivity contribution in [1.82, 2.24) is 4.98 Å². The third kappa shape index (κ3) is 3.08. The lowest BCUT2D eigenvalue weighted by molar-refractivity contribution is 0.538. The van der Waals surface area contributed by atoms with E-state index in [1.54, 1.807) is 6.07 Å². The maximum Gasteiger partial charge on any atom is 0.195 e. The average molecular weight is 349 g/mol. The number of hydrogen-bond acceptors (Lipinski definition) is 3. The van der Waals surface area contributed by atoms with Gasteiger partial charge < -0.3 is 9.73 Å². The summed E-state index contributed by atoms with van der Waals surface area (Å²) in [7, 11) is 0. The Labute approximate surface area is 130 Å². The maximum absolute atomic E-state index is 13.1. The van der Waals surface area contributed by atoms with Gasteiger partial charge in [-0.3, -0.25) is 0 Å². The number of fused-ring (bicyclic) bond motifs is 1. The van der Waals surface area contributed by atoms with Gasteiger partial charge in [0.2, 0.25) is 0 Å². The van der Waals surface area contributed by atoms with Gasteiger partial charge in [-0.05, 0) is 35.9 Å². The number of nitrogens with one attached hydrogen (secondary N) is 1.